The van der Waals surface area contributed by atoms with Crippen molar-refractivity contribution in [2.24, 2.45) is 0 Å². The lowest BCUT2D eigenvalue weighted by molar-refractivity contribution is 1.19. The smallest absolute Gasteiger partial charge is 0.0541 e. The zero-order valence-electron chi connectivity index (χ0n) is 37.5. The molecule has 12 rings (SSSR count). The maximum Gasteiger partial charge on any atom is 0.0541 e. The Kier molecular flexibility index (Phi) is 10.6. The van der Waals surface area contributed by atoms with Crippen LogP contribution in [0.3, 0.4) is 0 Å². The van der Waals surface area contributed by atoms with E-state index in [2.05, 4.69) is 289 Å². The number of benzene rings is 11. The summed E-state index contributed by atoms with van der Waals surface area (Å²) >= 11 is 0. The van der Waals surface area contributed by atoms with Crippen LogP contribution in [0.2, 0.25) is 0 Å². The molecule has 11 aromatic carbocycles. The second kappa shape index (κ2) is 17.8. The number of anilines is 3. The summed E-state index contributed by atoms with van der Waals surface area (Å²) in [5.74, 6) is 0. The molecule has 320 valence electrons. The molecule has 2 nitrogen and oxygen atoms in total. The molecule has 0 saturated heterocycles. The Labute approximate surface area is 397 Å². The zero-order valence-corrected chi connectivity index (χ0v) is 37.5. The van der Waals surface area contributed by atoms with Crippen molar-refractivity contribution < 1.29 is 0 Å². The lowest BCUT2D eigenvalue weighted by atomic mass is 9.92. The third-order valence-corrected chi connectivity index (χ3v) is 13.1. The minimum atomic E-state index is 1.07. The first-order chi connectivity index (χ1) is 33.7. The Morgan fingerprint density at radius 2 is 0.838 bits per heavy atom. The fourth-order valence-corrected chi connectivity index (χ4v) is 9.81. The molecular weight excluding hydrogens is 821 g/mol. The third kappa shape index (κ3) is 7.85. The van der Waals surface area contributed by atoms with Crippen molar-refractivity contribution in [3.8, 4) is 39.1 Å². The Hall–Kier alpha value is -8.98. The van der Waals surface area contributed by atoms with Gasteiger partial charge in [0.15, 0.2) is 0 Å². The van der Waals surface area contributed by atoms with Crippen LogP contribution in [0.1, 0.15) is 16.7 Å². The van der Waals surface area contributed by atoms with Crippen LogP contribution in [-0.4, -0.2) is 4.57 Å². The summed E-state index contributed by atoms with van der Waals surface area (Å²) in [4.78, 5) is 2.39. The Morgan fingerprint density at radius 3 is 1.54 bits per heavy atom. The topological polar surface area (TPSA) is 8.17 Å². The normalized spacial score (nSPS) is 11.6. The van der Waals surface area contributed by atoms with Gasteiger partial charge in [-0.1, -0.05) is 200 Å². The largest absolute Gasteiger partial charge is 0.310 e. The average Bonchev–Trinajstić information content (AvgIpc) is 3.75. The molecule has 0 aliphatic carbocycles. The zero-order chi connectivity index (χ0) is 45.2. The highest BCUT2D eigenvalue weighted by molar-refractivity contribution is 6.11. The number of rotatable bonds is 10. The van der Waals surface area contributed by atoms with Crippen molar-refractivity contribution in [3.05, 3.63) is 290 Å². The first-order valence-corrected chi connectivity index (χ1v) is 23.3. The summed E-state index contributed by atoms with van der Waals surface area (Å²) in [6, 6.07) is 98.9. The molecule has 0 radical (unpaired) electrons. The highest BCUT2D eigenvalue weighted by Gasteiger charge is 2.18. The van der Waals surface area contributed by atoms with E-state index in [9.17, 15) is 0 Å². The fraction of sp³-hybridized carbons (Fsp3) is 0. The quantitative estimate of drug-likeness (QED) is 0.124. The van der Waals surface area contributed by atoms with Crippen LogP contribution in [0.4, 0.5) is 17.1 Å². The van der Waals surface area contributed by atoms with E-state index >= 15 is 0 Å². The maximum absolute atomic E-state index is 2.41. The summed E-state index contributed by atoms with van der Waals surface area (Å²) in [6.07, 6.45) is 2.37. The van der Waals surface area contributed by atoms with E-state index in [1.54, 1.807) is 0 Å². The highest BCUT2D eigenvalue weighted by atomic mass is 15.1. The van der Waals surface area contributed by atoms with Gasteiger partial charge in [0.1, 0.15) is 0 Å². The number of nitrogens with zero attached hydrogens (tertiary/aromatic N) is 2. The second-order valence-electron chi connectivity index (χ2n) is 17.4. The molecule has 1 aromatic heterocycles. The first-order valence-electron chi connectivity index (χ1n) is 23.3. The standard InChI is InChI=1S/C66H46N2/c1-5-17-48(18-6-1)51-29-31-54(32-30-51)63(53-22-9-3-10-23-53)43-47-41-57(45-61(42-47)67(58-25-11-4-12-26-58)59-37-33-52(34-38-59)49-19-7-2-8-20-49)56-36-40-66-64(46-56)62-27-15-16-28-65(62)68(66)60-39-35-50-21-13-14-24-55(50)44-60/h1-46H. The molecule has 0 aliphatic rings. The predicted octanol–water partition coefficient (Wildman–Crippen LogP) is 18.0. The van der Waals surface area contributed by atoms with E-state index in [0.29, 0.717) is 0 Å². The van der Waals surface area contributed by atoms with Crippen LogP contribution >= 0.6 is 0 Å². The monoisotopic (exact) mass is 866 g/mol. The Balaban J connectivity index is 1.06. The summed E-state index contributed by atoms with van der Waals surface area (Å²) in [7, 11) is 0. The predicted molar refractivity (Wildman–Crippen MR) is 289 cm³/mol. The first kappa shape index (κ1) is 40.5. The van der Waals surface area contributed by atoms with E-state index in [0.717, 1.165) is 56.1 Å². The summed E-state index contributed by atoms with van der Waals surface area (Å²) in [6.45, 7) is 0. The van der Waals surface area contributed by atoms with Crippen LogP contribution < -0.4 is 4.90 Å². The highest BCUT2D eigenvalue weighted by Crippen LogP contribution is 2.41. The van der Waals surface area contributed by atoms with Gasteiger partial charge in [-0.05, 0) is 145 Å². The fourth-order valence-electron chi connectivity index (χ4n) is 9.81. The van der Waals surface area contributed by atoms with Crippen molar-refractivity contribution >= 4 is 61.3 Å². The van der Waals surface area contributed by atoms with E-state index < -0.39 is 0 Å². The van der Waals surface area contributed by atoms with Crippen molar-refractivity contribution in [1.29, 1.82) is 0 Å². The van der Waals surface area contributed by atoms with Gasteiger partial charge in [0, 0.05) is 33.5 Å². The lowest BCUT2D eigenvalue weighted by Crippen LogP contribution is -2.10. The molecule has 1 heterocycles. The van der Waals surface area contributed by atoms with Gasteiger partial charge in [-0.15, -0.1) is 0 Å². The molecule has 0 saturated carbocycles. The molecule has 2 heteroatoms. The minimum Gasteiger partial charge on any atom is -0.310 e. The van der Waals surface area contributed by atoms with Crippen LogP contribution in [0.5, 0.6) is 0 Å². The van der Waals surface area contributed by atoms with Gasteiger partial charge < -0.3 is 9.47 Å². The molecule has 0 N–H and O–H groups in total. The van der Waals surface area contributed by atoms with Crippen molar-refractivity contribution in [2.45, 2.75) is 0 Å². The molecule has 68 heavy (non-hydrogen) atoms. The van der Waals surface area contributed by atoms with Crippen molar-refractivity contribution in [2.75, 3.05) is 4.90 Å². The number of hydrogen-bond acceptors (Lipinski definition) is 1. The van der Waals surface area contributed by atoms with Gasteiger partial charge in [0.2, 0.25) is 0 Å². The molecule has 12 aromatic rings. The molecule has 0 unspecified atom stereocenters. The average molecular weight is 867 g/mol. The molecule has 0 atom stereocenters. The number of hydrogen-bond donors (Lipinski definition) is 0. The van der Waals surface area contributed by atoms with Gasteiger partial charge in [0.05, 0.1) is 11.0 Å². The van der Waals surface area contributed by atoms with E-state index in [1.165, 1.54) is 54.8 Å². The van der Waals surface area contributed by atoms with Crippen LogP contribution in [0.25, 0.3) is 83.3 Å². The second-order valence-corrected chi connectivity index (χ2v) is 17.4. The van der Waals surface area contributed by atoms with Crippen LogP contribution in [0, 0.1) is 0 Å². The summed E-state index contributed by atoms with van der Waals surface area (Å²) < 4.78 is 2.41. The van der Waals surface area contributed by atoms with Crippen LogP contribution in [0.15, 0.2) is 273 Å². The number of aromatic nitrogens is 1. The van der Waals surface area contributed by atoms with Gasteiger partial charge in [0.25, 0.3) is 0 Å². The van der Waals surface area contributed by atoms with E-state index in [4.69, 9.17) is 0 Å². The minimum absolute atomic E-state index is 1.07. The summed E-state index contributed by atoms with van der Waals surface area (Å²) in [5.41, 5.74) is 18.4. The third-order valence-electron chi connectivity index (χ3n) is 13.1. The molecule has 0 aliphatic heterocycles. The molecule has 0 fully saturated rings. The molecule has 0 spiro atoms. The summed E-state index contributed by atoms with van der Waals surface area (Å²) in [5, 5.41) is 4.90. The van der Waals surface area contributed by atoms with Crippen molar-refractivity contribution in [3.63, 3.8) is 0 Å². The Morgan fingerprint density at radius 1 is 0.309 bits per heavy atom. The molecule has 0 amide bonds. The van der Waals surface area contributed by atoms with Crippen LogP contribution in [-0.2, 0) is 0 Å². The number of para-hydroxylation sites is 2. The van der Waals surface area contributed by atoms with Crippen molar-refractivity contribution in [1.82, 2.24) is 4.57 Å². The van der Waals surface area contributed by atoms with Gasteiger partial charge in [-0.2, -0.15) is 0 Å². The van der Waals surface area contributed by atoms with Gasteiger partial charge >= 0.3 is 0 Å². The SMILES string of the molecule is C(=C(c1ccccc1)c1ccc(-c2ccccc2)cc1)c1cc(-c2ccc3c(c2)c2ccccc2n3-c2ccc3ccccc3c2)cc(N(c2ccccc2)c2ccc(-c3ccccc3)cc2)c1. The maximum atomic E-state index is 2.41. The number of fused-ring (bicyclic) bond motifs is 4. The molecule has 0 bridgehead atoms. The van der Waals surface area contributed by atoms with Gasteiger partial charge in [-0.25, -0.2) is 0 Å². The van der Waals surface area contributed by atoms with E-state index in [-0.39, 0.29) is 0 Å². The van der Waals surface area contributed by atoms with E-state index in [1.807, 2.05) is 0 Å². The Bertz CT molecular complexity index is 3740. The molecular formula is C66H46N2. The van der Waals surface area contributed by atoms with Gasteiger partial charge in [-0.3, -0.25) is 0 Å². The lowest BCUT2D eigenvalue weighted by Gasteiger charge is -2.27.